The number of carbonyl (C=O) groups is 2. The summed E-state index contributed by atoms with van der Waals surface area (Å²) in [6, 6.07) is 2.44. The highest BCUT2D eigenvalue weighted by molar-refractivity contribution is 7.08. The van der Waals surface area contributed by atoms with Gasteiger partial charge < -0.3 is 19.5 Å². The van der Waals surface area contributed by atoms with E-state index >= 15 is 0 Å². The molecule has 4 rings (SSSR count). The van der Waals surface area contributed by atoms with Crippen molar-refractivity contribution in [3.05, 3.63) is 22.4 Å². The number of ether oxygens (including phenoxy) is 2. The maximum atomic E-state index is 12.4. The van der Waals surface area contributed by atoms with Crippen LogP contribution in [0.2, 0.25) is 0 Å². The van der Waals surface area contributed by atoms with Gasteiger partial charge in [0.2, 0.25) is 0 Å². The van der Waals surface area contributed by atoms with Gasteiger partial charge >= 0.3 is 12.1 Å². The summed E-state index contributed by atoms with van der Waals surface area (Å²) >= 11 is 1.58. The van der Waals surface area contributed by atoms with Crippen LogP contribution in [0.3, 0.4) is 0 Å². The molecule has 0 saturated carbocycles. The Morgan fingerprint density at radius 2 is 1.80 bits per heavy atom. The second-order valence-corrected chi connectivity index (χ2v) is 8.39. The Hall–Kier alpha value is -1.69. The number of amides is 1. The lowest BCUT2D eigenvalue weighted by Crippen LogP contribution is -2.48. The molecule has 1 aromatic rings. The van der Waals surface area contributed by atoms with Gasteiger partial charge in [0, 0.05) is 37.6 Å². The molecule has 3 saturated heterocycles. The predicted molar refractivity (Wildman–Crippen MR) is 103 cm³/mol. The second kappa shape index (κ2) is 9.63. The fourth-order valence-electron chi connectivity index (χ4n) is 4.03. The number of likely N-dealkylation sites (tertiary alicyclic amines) is 1. The van der Waals surface area contributed by atoms with E-state index in [-0.39, 0.29) is 11.5 Å². The molecule has 1 amide bonds. The molecule has 1 N–H and O–H groups in total. The van der Waals surface area contributed by atoms with E-state index in [9.17, 15) is 18.0 Å². The zero-order valence-corrected chi connectivity index (χ0v) is 17.2. The Morgan fingerprint density at radius 3 is 2.33 bits per heavy atom. The number of alkyl halides is 3. The van der Waals surface area contributed by atoms with Gasteiger partial charge in [-0.3, -0.25) is 9.69 Å². The van der Waals surface area contributed by atoms with E-state index in [1.807, 2.05) is 21.7 Å². The Balaban J connectivity index is 0.000000318. The molecular formula is C19H25F3N2O5S. The summed E-state index contributed by atoms with van der Waals surface area (Å²) in [5.41, 5.74) is 0.818. The molecule has 4 heterocycles. The van der Waals surface area contributed by atoms with E-state index in [0.29, 0.717) is 6.04 Å². The van der Waals surface area contributed by atoms with Crippen LogP contribution in [0, 0.1) is 0 Å². The van der Waals surface area contributed by atoms with Gasteiger partial charge in [-0.1, -0.05) is 0 Å². The Morgan fingerprint density at radius 1 is 1.17 bits per heavy atom. The van der Waals surface area contributed by atoms with Crippen LogP contribution in [0.4, 0.5) is 13.2 Å². The lowest BCUT2D eigenvalue weighted by molar-refractivity contribution is -0.192. The molecule has 0 aliphatic carbocycles. The topological polar surface area (TPSA) is 79.3 Å². The van der Waals surface area contributed by atoms with Crippen LogP contribution < -0.4 is 0 Å². The van der Waals surface area contributed by atoms with Crippen molar-refractivity contribution >= 4 is 23.2 Å². The summed E-state index contributed by atoms with van der Waals surface area (Å²) in [5, 5.41) is 11.0. The molecule has 1 unspecified atom stereocenters. The number of hydrogen-bond donors (Lipinski definition) is 1. The summed E-state index contributed by atoms with van der Waals surface area (Å²) in [7, 11) is 0. The van der Waals surface area contributed by atoms with Gasteiger partial charge in [-0.15, -0.1) is 0 Å². The molecule has 0 aromatic carbocycles. The zero-order chi connectivity index (χ0) is 21.8. The van der Waals surface area contributed by atoms with Crippen LogP contribution >= 0.6 is 11.3 Å². The first kappa shape index (κ1) is 23.0. The monoisotopic (exact) mass is 450 g/mol. The van der Waals surface area contributed by atoms with Gasteiger partial charge in [0.1, 0.15) is 0 Å². The number of morpholine rings is 1. The largest absolute Gasteiger partial charge is 0.490 e. The van der Waals surface area contributed by atoms with Crippen molar-refractivity contribution < 1.29 is 37.3 Å². The van der Waals surface area contributed by atoms with Crippen LogP contribution in [-0.2, 0) is 14.3 Å². The molecule has 7 nitrogen and oxygen atoms in total. The smallest absolute Gasteiger partial charge is 0.475 e. The van der Waals surface area contributed by atoms with Gasteiger partial charge in [-0.25, -0.2) is 4.79 Å². The lowest BCUT2D eigenvalue weighted by Gasteiger charge is -2.39. The normalized spacial score (nSPS) is 24.4. The third-order valence-electron chi connectivity index (χ3n) is 5.72. The summed E-state index contributed by atoms with van der Waals surface area (Å²) in [6.45, 7) is 6.17. The van der Waals surface area contributed by atoms with E-state index in [2.05, 4.69) is 4.90 Å². The fraction of sp³-hybridized carbons (Fsp3) is 0.684. The number of rotatable bonds is 2. The van der Waals surface area contributed by atoms with Crippen LogP contribution in [0.15, 0.2) is 16.8 Å². The highest BCUT2D eigenvalue weighted by Gasteiger charge is 2.45. The van der Waals surface area contributed by atoms with Crippen LogP contribution in [0.1, 0.15) is 29.6 Å². The average Bonchev–Trinajstić information content (AvgIpc) is 3.39. The van der Waals surface area contributed by atoms with Crippen molar-refractivity contribution in [2.75, 3.05) is 46.0 Å². The van der Waals surface area contributed by atoms with E-state index in [1.165, 1.54) is 0 Å². The average molecular weight is 450 g/mol. The maximum Gasteiger partial charge on any atom is 0.490 e. The zero-order valence-electron chi connectivity index (χ0n) is 16.4. The molecule has 1 aromatic heterocycles. The van der Waals surface area contributed by atoms with Crippen LogP contribution in [0.5, 0.6) is 0 Å². The minimum absolute atomic E-state index is 0.00556. The molecule has 0 bridgehead atoms. The number of hydrogen-bond acceptors (Lipinski definition) is 6. The van der Waals surface area contributed by atoms with Crippen molar-refractivity contribution in [3.8, 4) is 0 Å². The number of piperidine rings is 1. The first-order valence-electron chi connectivity index (χ1n) is 9.77. The standard InChI is InChI=1S/C17H24N2O3S.C2HF3O2/c20-16(14-1-10-23-13-14)19-4-2-17(3-5-19)11-15(12-22-17)18-6-8-21-9-7-18;3-2(4,5)1(6)7/h1,10,13,15H,2-9,11-12H2;(H,6,7). The number of carboxylic acids is 1. The fourth-order valence-corrected chi connectivity index (χ4v) is 4.66. The van der Waals surface area contributed by atoms with Gasteiger partial charge in [-0.05, 0) is 30.7 Å². The number of nitrogens with zero attached hydrogens (tertiary/aromatic N) is 2. The van der Waals surface area contributed by atoms with E-state index in [4.69, 9.17) is 19.4 Å². The lowest BCUT2D eigenvalue weighted by atomic mass is 9.87. The predicted octanol–water partition coefficient (Wildman–Crippen LogP) is 2.48. The summed E-state index contributed by atoms with van der Waals surface area (Å²) in [4.78, 5) is 25.8. The molecule has 1 spiro atoms. The first-order valence-corrected chi connectivity index (χ1v) is 10.7. The highest BCUT2D eigenvalue weighted by Crippen LogP contribution is 2.38. The molecule has 3 aliphatic rings. The molecule has 11 heteroatoms. The molecule has 30 heavy (non-hydrogen) atoms. The Labute approximate surface area is 176 Å². The number of carboxylic acid groups (broad SMARTS) is 1. The second-order valence-electron chi connectivity index (χ2n) is 7.61. The quantitative estimate of drug-likeness (QED) is 0.746. The minimum Gasteiger partial charge on any atom is -0.475 e. The van der Waals surface area contributed by atoms with Crippen LogP contribution in [-0.4, -0.2) is 90.6 Å². The molecule has 168 valence electrons. The van der Waals surface area contributed by atoms with Gasteiger partial charge in [0.25, 0.3) is 5.91 Å². The number of thiophene rings is 1. The third-order valence-corrected chi connectivity index (χ3v) is 6.41. The molecule has 1 atom stereocenters. The molecular weight excluding hydrogens is 425 g/mol. The maximum absolute atomic E-state index is 12.4. The van der Waals surface area contributed by atoms with Crippen molar-refractivity contribution in [1.82, 2.24) is 9.80 Å². The Bertz CT molecular complexity index is 714. The van der Waals surface area contributed by atoms with Crippen molar-refractivity contribution in [2.45, 2.75) is 37.1 Å². The van der Waals surface area contributed by atoms with Gasteiger partial charge in [0.05, 0.1) is 31.0 Å². The summed E-state index contributed by atoms with van der Waals surface area (Å²) in [6.07, 6.45) is -2.05. The number of halogens is 3. The summed E-state index contributed by atoms with van der Waals surface area (Å²) < 4.78 is 43.4. The first-order chi connectivity index (χ1) is 14.2. The van der Waals surface area contributed by atoms with Gasteiger partial charge in [-0.2, -0.15) is 24.5 Å². The van der Waals surface area contributed by atoms with Crippen molar-refractivity contribution in [1.29, 1.82) is 0 Å². The number of aliphatic carboxylic acids is 1. The molecule has 3 aliphatic heterocycles. The van der Waals surface area contributed by atoms with Crippen LogP contribution in [0.25, 0.3) is 0 Å². The number of carbonyl (C=O) groups excluding carboxylic acids is 1. The van der Waals surface area contributed by atoms with E-state index in [1.54, 1.807) is 11.3 Å². The highest BCUT2D eigenvalue weighted by atomic mass is 32.1. The van der Waals surface area contributed by atoms with E-state index < -0.39 is 12.1 Å². The minimum atomic E-state index is -5.08. The third kappa shape index (κ3) is 5.71. The summed E-state index contributed by atoms with van der Waals surface area (Å²) in [5.74, 6) is -2.59. The SMILES string of the molecule is O=C(O)C(F)(F)F.O=C(c1ccsc1)N1CCC2(CC1)CC(N1CCOCC1)CO2. The molecule has 0 radical (unpaired) electrons. The van der Waals surface area contributed by atoms with Crippen molar-refractivity contribution in [2.24, 2.45) is 0 Å². The molecule has 3 fully saturated rings. The van der Waals surface area contributed by atoms with Gasteiger partial charge in [0.15, 0.2) is 0 Å². The van der Waals surface area contributed by atoms with E-state index in [0.717, 1.165) is 70.8 Å². The van der Waals surface area contributed by atoms with Crippen molar-refractivity contribution in [3.63, 3.8) is 0 Å². The Kier molecular flexibility index (Phi) is 7.38.